The summed E-state index contributed by atoms with van der Waals surface area (Å²) in [5.41, 5.74) is 2.17. The zero-order chi connectivity index (χ0) is 13.7. The summed E-state index contributed by atoms with van der Waals surface area (Å²) in [6.07, 6.45) is 3.63. The lowest BCUT2D eigenvalue weighted by atomic mass is 9.77. The van der Waals surface area contributed by atoms with Gasteiger partial charge in [-0.3, -0.25) is 4.79 Å². The second kappa shape index (κ2) is 6.53. The molecule has 1 aromatic carbocycles. The molecule has 3 nitrogen and oxygen atoms in total. The van der Waals surface area contributed by atoms with Crippen LogP contribution in [0.2, 0.25) is 0 Å². The van der Waals surface area contributed by atoms with Crippen LogP contribution >= 0.6 is 15.9 Å². The lowest BCUT2D eigenvalue weighted by Gasteiger charge is -2.39. The Morgan fingerprint density at radius 3 is 2.42 bits per heavy atom. The molecule has 104 valence electrons. The number of nitrogens with one attached hydrogen (secondary N) is 1. The summed E-state index contributed by atoms with van der Waals surface area (Å²) in [6, 6.07) is 8.23. The molecule has 1 aliphatic rings. The molecule has 1 aliphatic carbocycles. The van der Waals surface area contributed by atoms with E-state index in [1.165, 1.54) is 5.56 Å². The van der Waals surface area contributed by atoms with Crippen LogP contribution in [-0.4, -0.2) is 18.6 Å². The molecule has 0 aromatic heterocycles. The lowest BCUT2D eigenvalue weighted by molar-refractivity contribution is -0.134. The van der Waals surface area contributed by atoms with Gasteiger partial charge in [0.2, 0.25) is 5.91 Å². The van der Waals surface area contributed by atoms with Crippen molar-refractivity contribution in [3.05, 3.63) is 35.4 Å². The molecule has 1 saturated carbocycles. The average Bonchev–Trinajstić information content (AvgIpc) is 2.41. The van der Waals surface area contributed by atoms with Crippen molar-refractivity contribution in [2.75, 3.05) is 7.11 Å². The van der Waals surface area contributed by atoms with E-state index in [1.54, 1.807) is 7.11 Å². The van der Waals surface area contributed by atoms with Crippen LogP contribution in [0.15, 0.2) is 24.3 Å². The number of alkyl halides is 1. The van der Waals surface area contributed by atoms with Gasteiger partial charge in [-0.2, -0.15) is 0 Å². The number of halogens is 1. The molecule has 1 fully saturated rings. The summed E-state index contributed by atoms with van der Waals surface area (Å²) in [7, 11) is 1.70. The van der Waals surface area contributed by atoms with Crippen LogP contribution in [0.3, 0.4) is 0 Å². The second-order valence-electron chi connectivity index (χ2n) is 5.14. The van der Waals surface area contributed by atoms with E-state index in [9.17, 15) is 4.79 Å². The average molecular weight is 326 g/mol. The summed E-state index contributed by atoms with van der Waals surface area (Å²) in [4.78, 5) is 11.9. The van der Waals surface area contributed by atoms with Crippen LogP contribution in [-0.2, 0) is 21.4 Å². The van der Waals surface area contributed by atoms with Gasteiger partial charge in [-0.05, 0) is 30.4 Å². The SMILES string of the molecule is COC1(CC(=O)NCc2ccc(CBr)cc2)CCC1. The van der Waals surface area contributed by atoms with Gasteiger partial charge in [-0.25, -0.2) is 0 Å². The Balaban J connectivity index is 1.79. The summed E-state index contributed by atoms with van der Waals surface area (Å²) in [5, 5.41) is 3.82. The molecule has 1 amide bonds. The Bertz CT molecular complexity index is 421. The normalized spacial score (nSPS) is 16.7. The molecule has 0 radical (unpaired) electrons. The molecule has 0 spiro atoms. The molecule has 4 heteroatoms. The van der Waals surface area contributed by atoms with Crippen LogP contribution < -0.4 is 5.32 Å². The minimum absolute atomic E-state index is 0.0751. The number of hydrogen-bond acceptors (Lipinski definition) is 2. The van der Waals surface area contributed by atoms with E-state index in [-0.39, 0.29) is 11.5 Å². The quantitative estimate of drug-likeness (QED) is 0.816. The van der Waals surface area contributed by atoms with Gasteiger partial charge < -0.3 is 10.1 Å². The monoisotopic (exact) mass is 325 g/mol. The van der Waals surface area contributed by atoms with Crippen LogP contribution in [0.25, 0.3) is 0 Å². The predicted molar refractivity (Wildman–Crippen MR) is 79.1 cm³/mol. The number of benzene rings is 1. The van der Waals surface area contributed by atoms with Crippen LogP contribution in [0.1, 0.15) is 36.8 Å². The Morgan fingerprint density at radius 1 is 1.32 bits per heavy atom. The number of ether oxygens (including phenoxy) is 1. The van der Waals surface area contributed by atoms with Gasteiger partial charge in [0.25, 0.3) is 0 Å². The summed E-state index contributed by atoms with van der Waals surface area (Å²) in [5.74, 6) is 0.0751. The van der Waals surface area contributed by atoms with E-state index < -0.39 is 0 Å². The maximum Gasteiger partial charge on any atom is 0.223 e. The fourth-order valence-corrected chi connectivity index (χ4v) is 2.70. The van der Waals surface area contributed by atoms with Crippen molar-refractivity contribution in [2.45, 2.75) is 43.2 Å². The van der Waals surface area contributed by atoms with E-state index in [2.05, 4.69) is 33.4 Å². The third-order valence-corrected chi connectivity index (χ3v) is 4.49. The summed E-state index contributed by atoms with van der Waals surface area (Å²) in [6.45, 7) is 0.585. The second-order valence-corrected chi connectivity index (χ2v) is 5.71. The third kappa shape index (κ3) is 3.80. The summed E-state index contributed by atoms with van der Waals surface area (Å²) >= 11 is 3.42. The van der Waals surface area contributed by atoms with Gasteiger partial charge in [0, 0.05) is 19.0 Å². The number of methoxy groups -OCH3 is 1. The van der Waals surface area contributed by atoms with E-state index in [0.717, 1.165) is 30.2 Å². The molecule has 0 unspecified atom stereocenters. The first kappa shape index (κ1) is 14.5. The maximum atomic E-state index is 11.9. The van der Waals surface area contributed by atoms with Gasteiger partial charge in [0.05, 0.1) is 12.0 Å². The highest BCUT2D eigenvalue weighted by Crippen LogP contribution is 2.37. The zero-order valence-electron chi connectivity index (χ0n) is 11.2. The van der Waals surface area contributed by atoms with Gasteiger partial charge in [-0.15, -0.1) is 0 Å². The van der Waals surface area contributed by atoms with Crippen molar-refractivity contribution >= 4 is 21.8 Å². The Hall–Kier alpha value is -0.870. The lowest BCUT2D eigenvalue weighted by Crippen LogP contribution is -2.43. The number of amides is 1. The fraction of sp³-hybridized carbons (Fsp3) is 0.533. The van der Waals surface area contributed by atoms with Crippen LogP contribution in [0.5, 0.6) is 0 Å². The molecule has 19 heavy (non-hydrogen) atoms. The number of rotatable bonds is 6. The molecule has 0 saturated heterocycles. The Kier molecular flexibility index (Phi) is 4.99. The number of carbonyl (C=O) groups excluding carboxylic acids is 1. The van der Waals surface area contributed by atoms with E-state index >= 15 is 0 Å². The molecule has 0 bridgehead atoms. The minimum Gasteiger partial charge on any atom is -0.378 e. The van der Waals surface area contributed by atoms with Gasteiger partial charge in [0.15, 0.2) is 0 Å². The topological polar surface area (TPSA) is 38.3 Å². The molecule has 0 heterocycles. The van der Waals surface area contributed by atoms with Crippen molar-refractivity contribution in [1.29, 1.82) is 0 Å². The first-order valence-electron chi connectivity index (χ1n) is 6.63. The van der Waals surface area contributed by atoms with Crippen molar-refractivity contribution in [1.82, 2.24) is 5.32 Å². The van der Waals surface area contributed by atoms with Gasteiger partial charge >= 0.3 is 0 Å². The maximum absolute atomic E-state index is 11.9. The highest BCUT2D eigenvalue weighted by Gasteiger charge is 2.38. The number of hydrogen-bond donors (Lipinski definition) is 1. The van der Waals surface area contributed by atoms with Crippen LogP contribution in [0.4, 0.5) is 0 Å². The Labute approximate surface area is 122 Å². The number of carbonyl (C=O) groups is 1. The molecule has 0 aliphatic heterocycles. The molecule has 1 N–H and O–H groups in total. The third-order valence-electron chi connectivity index (χ3n) is 3.85. The molecule has 2 rings (SSSR count). The first-order valence-corrected chi connectivity index (χ1v) is 7.75. The largest absolute Gasteiger partial charge is 0.378 e. The van der Waals surface area contributed by atoms with Gasteiger partial charge in [-0.1, -0.05) is 40.2 Å². The van der Waals surface area contributed by atoms with Crippen molar-refractivity contribution in [3.8, 4) is 0 Å². The van der Waals surface area contributed by atoms with Crippen molar-refractivity contribution in [2.24, 2.45) is 0 Å². The molecular formula is C15H20BrNO2. The fourth-order valence-electron chi connectivity index (χ4n) is 2.33. The minimum atomic E-state index is -0.191. The Morgan fingerprint density at radius 2 is 1.95 bits per heavy atom. The van der Waals surface area contributed by atoms with Crippen molar-refractivity contribution < 1.29 is 9.53 Å². The molecular weight excluding hydrogens is 306 g/mol. The summed E-state index contributed by atoms with van der Waals surface area (Å²) < 4.78 is 5.46. The van der Waals surface area contributed by atoms with Crippen molar-refractivity contribution in [3.63, 3.8) is 0 Å². The van der Waals surface area contributed by atoms with E-state index in [1.807, 2.05) is 12.1 Å². The smallest absolute Gasteiger partial charge is 0.223 e. The standard InChI is InChI=1S/C15H20BrNO2/c1-19-15(7-2-8-15)9-14(18)17-11-13-5-3-12(10-16)4-6-13/h3-6H,2,7-11H2,1H3,(H,17,18). The van der Waals surface area contributed by atoms with E-state index in [0.29, 0.717) is 13.0 Å². The predicted octanol–water partition coefficient (Wildman–Crippen LogP) is 3.16. The molecule has 1 aromatic rings. The van der Waals surface area contributed by atoms with E-state index in [4.69, 9.17) is 4.74 Å². The highest BCUT2D eigenvalue weighted by atomic mass is 79.9. The van der Waals surface area contributed by atoms with Gasteiger partial charge in [0.1, 0.15) is 0 Å². The zero-order valence-corrected chi connectivity index (χ0v) is 12.8. The molecule has 0 atom stereocenters. The first-order chi connectivity index (χ1) is 9.17. The van der Waals surface area contributed by atoms with Crippen LogP contribution in [0, 0.1) is 0 Å². The highest BCUT2D eigenvalue weighted by molar-refractivity contribution is 9.08.